The van der Waals surface area contributed by atoms with Gasteiger partial charge in [0, 0.05) is 20.6 Å². The van der Waals surface area contributed by atoms with Crippen molar-refractivity contribution in [3.05, 3.63) is 0 Å². The molecule has 0 aromatic rings. The maximum absolute atomic E-state index is 12.4. The van der Waals surface area contributed by atoms with Gasteiger partial charge in [0.05, 0.1) is 24.4 Å². The molecule has 2 amide bonds. The molecule has 1 N–H and O–H groups in total. The third-order valence-electron chi connectivity index (χ3n) is 4.15. The summed E-state index contributed by atoms with van der Waals surface area (Å²) in [5.41, 5.74) is -0.581. The maximum atomic E-state index is 12.4. The monoisotopic (exact) mass is 281 g/mol. The number of urea groups is 1. The van der Waals surface area contributed by atoms with E-state index >= 15 is 0 Å². The number of hydrogen-bond acceptors (Lipinski definition) is 3. The highest BCUT2D eigenvalue weighted by Crippen LogP contribution is 2.36. The molecule has 1 fully saturated rings. The number of carbonyl (C=O) groups is 2. The van der Waals surface area contributed by atoms with Gasteiger partial charge in [-0.2, -0.15) is 5.26 Å². The van der Waals surface area contributed by atoms with Crippen molar-refractivity contribution < 1.29 is 14.7 Å². The molecule has 1 rings (SSSR count). The maximum Gasteiger partial charge on any atom is 0.319 e. The Morgan fingerprint density at radius 3 is 2.35 bits per heavy atom. The lowest BCUT2D eigenvalue weighted by Crippen LogP contribution is -2.55. The van der Waals surface area contributed by atoms with E-state index in [4.69, 9.17) is 10.4 Å². The van der Waals surface area contributed by atoms with Gasteiger partial charge in [-0.05, 0) is 12.8 Å². The van der Waals surface area contributed by atoms with Crippen LogP contribution in [-0.2, 0) is 4.79 Å². The van der Waals surface area contributed by atoms with Gasteiger partial charge in [0.15, 0.2) is 0 Å². The Labute approximate surface area is 120 Å². The molecule has 1 saturated carbocycles. The molecular weight excluding hydrogens is 258 g/mol. The van der Waals surface area contributed by atoms with Crippen LogP contribution >= 0.6 is 0 Å². The van der Waals surface area contributed by atoms with Crippen LogP contribution in [0.3, 0.4) is 0 Å². The van der Waals surface area contributed by atoms with E-state index in [9.17, 15) is 9.59 Å². The number of carboxylic acid groups (broad SMARTS) is 1. The van der Waals surface area contributed by atoms with E-state index in [1.807, 2.05) is 6.07 Å². The summed E-state index contributed by atoms with van der Waals surface area (Å²) in [4.78, 5) is 26.6. The number of rotatable bonds is 5. The lowest BCUT2D eigenvalue weighted by atomic mass is 9.78. The lowest BCUT2D eigenvalue weighted by molar-refractivity contribution is -0.140. The Balaban J connectivity index is 2.82. The molecule has 0 spiro atoms. The molecule has 0 bridgehead atoms. The van der Waals surface area contributed by atoms with Gasteiger partial charge in [-0.15, -0.1) is 0 Å². The Morgan fingerprint density at radius 1 is 1.25 bits per heavy atom. The fourth-order valence-corrected chi connectivity index (χ4v) is 2.89. The molecule has 20 heavy (non-hydrogen) atoms. The number of carboxylic acids is 1. The van der Waals surface area contributed by atoms with Crippen LogP contribution in [-0.4, -0.2) is 53.1 Å². The summed E-state index contributed by atoms with van der Waals surface area (Å²) in [5.74, 6) is -0.869. The summed E-state index contributed by atoms with van der Waals surface area (Å²) in [6.07, 6.45) is 4.72. The number of aliphatic carboxylic acids is 1. The fraction of sp³-hybridized carbons (Fsp3) is 0.786. The summed E-state index contributed by atoms with van der Waals surface area (Å²) in [6.45, 7) is 0.364. The SMILES string of the molecule is CN(CCC#N)C(=O)N(C)C1(CC(=O)O)CCCCC1. The summed E-state index contributed by atoms with van der Waals surface area (Å²) in [6, 6.07) is 1.80. The van der Waals surface area contributed by atoms with Gasteiger partial charge in [0.25, 0.3) is 0 Å². The largest absolute Gasteiger partial charge is 0.481 e. The molecule has 6 heteroatoms. The van der Waals surface area contributed by atoms with Gasteiger partial charge >= 0.3 is 12.0 Å². The van der Waals surface area contributed by atoms with Crippen LogP contribution in [0, 0.1) is 11.3 Å². The quantitative estimate of drug-likeness (QED) is 0.836. The van der Waals surface area contributed by atoms with Crippen LogP contribution in [0.1, 0.15) is 44.9 Å². The zero-order chi connectivity index (χ0) is 15.2. The molecule has 0 aromatic carbocycles. The van der Waals surface area contributed by atoms with Gasteiger partial charge in [-0.25, -0.2) is 4.79 Å². The second-order valence-electron chi connectivity index (χ2n) is 5.53. The first-order valence-electron chi connectivity index (χ1n) is 7.00. The first-order valence-corrected chi connectivity index (χ1v) is 7.00. The average Bonchev–Trinajstić information content (AvgIpc) is 2.43. The minimum Gasteiger partial charge on any atom is -0.481 e. The summed E-state index contributed by atoms with van der Waals surface area (Å²) in [7, 11) is 3.33. The summed E-state index contributed by atoms with van der Waals surface area (Å²) < 4.78 is 0. The second kappa shape index (κ2) is 7.13. The van der Waals surface area contributed by atoms with Crippen LogP contribution < -0.4 is 0 Å². The number of nitriles is 1. The van der Waals surface area contributed by atoms with Crippen molar-refractivity contribution in [3.8, 4) is 6.07 Å². The average molecular weight is 281 g/mol. The standard InChI is InChI=1S/C14H23N3O3/c1-16(10-6-9-15)13(20)17(2)14(11-12(18)19)7-4-3-5-8-14/h3-8,10-11H2,1-2H3,(H,18,19). The fourth-order valence-electron chi connectivity index (χ4n) is 2.89. The van der Waals surface area contributed by atoms with Gasteiger partial charge in [-0.1, -0.05) is 19.3 Å². The molecule has 0 heterocycles. The van der Waals surface area contributed by atoms with Gasteiger partial charge in [-0.3, -0.25) is 4.79 Å². The molecule has 112 valence electrons. The van der Waals surface area contributed by atoms with Crippen molar-refractivity contribution in [3.63, 3.8) is 0 Å². The van der Waals surface area contributed by atoms with E-state index in [1.165, 1.54) is 4.90 Å². The lowest BCUT2D eigenvalue weighted by Gasteiger charge is -2.45. The highest BCUT2D eigenvalue weighted by Gasteiger charge is 2.41. The van der Waals surface area contributed by atoms with Crippen LogP contribution in [0.25, 0.3) is 0 Å². The smallest absolute Gasteiger partial charge is 0.319 e. The summed E-state index contributed by atoms with van der Waals surface area (Å²) in [5, 5.41) is 17.7. The number of nitrogens with zero attached hydrogens (tertiary/aromatic N) is 3. The predicted octanol–water partition coefficient (Wildman–Crippen LogP) is 2.06. The van der Waals surface area contributed by atoms with Crippen molar-refractivity contribution in [1.82, 2.24) is 9.80 Å². The van der Waals surface area contributed by atoms with Crippen LogP contribution in [0.2, 0.25) is 0 Å². The van der Waals surface area contributed by atoms with Crippen molar-refractivity contribution in [2.75, 3.05) is 20.6 Å². The molecule has 0 atom stereocenters. The molecule has 0 radical (unpaired) electrons. The minimum atomic E-state index is -0.869. The van der Waals surface area contributed by atoms with E-state index in [2.05, 4.69) is 0 Å². The number of carbonyl (C=O) groups excluding carboxylic acids is 1. The Kier molecular flexibility index (Phi) is 5.81. The van der Waals surface area contributed by atoms with Crippen LogP contribution in [0.5, 0.6) is 0 Å². The van der Waals surface area contributed by atoms with Crippen LogP contribution in [0.4, 0.5) is 4.79 Å². The normalized spacial score (nSPS) is 17.1. The molecule has 0 aromatic heterocycles. The third-order valence-corrected chi connectivity index (χ3v) is 4.15. The third kappa shape index (κ3) is 3.86. The molecular formula is C14H23N3O3. The first-order chi connectivity index (χ1) is 9.43. The Hall–Kier alpha value is -1.77. The Bertz CT molecular complexity index is 397. The number of hydrogen-bond donors (Lipinski definition) is 1. The van der Waals surface area contributed by atoms with Crippen molar-refractivity contribution >= 4 is 12.0 Å². The van der Waals surface area contributed by atoms with Crippen LogP contribution in [0.15, 0.2) is 0 Å². The second-order valence-corrected chi connectivity index (χ2v) is 5.53. The van der Waals surface area contributed by atoms with E-state index in [-0.39, 0.29) is 18.9 Å². The van der Waals surface area contributed by atoms with Crippen molar-refractivity contribution in [1.29, 1.82) is 5.26 Å². The van der Waals surface area contributed by atoms with Crippen molar-refractivity contribution in [2.45, 2.75) is 50.5 Å². The highest BCUT2D eigenvalue weighted by molar-refractivity contribution is 5.76. The molecule has 0 saturated heterocycles. The van der Waals surface area contributed by atoms with E-state index < -0.39 is 11.5 Å². The molecule has 0 unspecified atom stereocenters. The minimum absolute atomic E-state index is 0.0126. The summed E-state index contributed by atoms with van der Waals surface area (Å²) >= 11 is 0. The zero-order valence-electron chi connectivity index (χ0n) is 12.3. The molecule has 1 aliphatic carbocycles. The van der Waals surface area contributed by atoms with Crippen molar-refractivity contribution in [2.24, 2.45) is 0 Å². The van der Waals surface area contributed by atoms with Gasteiger partial charge in [0.1, 0.15) is 0 Å². The van der Waals surface area contributed by atoms with E-state index in [0.717, 1.165) is 32.1 Å². The topological polar surface area (TPSA) is 84.6 Å². The number of amides is 2. The van der Waals surface area contributed by atoms with Gasteiger partial charge < -0.3 is 14.9 Å². The molecule has 6 nitrogen and oxygen atoms in total. The highest BCUT2D eigenvalue weighted by atomic mass is 16.4. The van der Waals surface area contributed by atoms with E-state index in [1.54, 1.807) is 19.0 Å². The molecule has 0 aliphatic heterocycles. The zero-order valence-corrected chi connectivity index (χ0v) is 12.3. The first kappa shape index (κ1) is 16.3. The predicted molar refractivity (Wildman–Crippen MR) is 74.1 cm³/mol. The Morgan fingerprint density at radius 2 is 1.85 bits per heavy atom. The van der Waals surface area contributed by atoms with E-state index in [0.29, 0.717) is 6.54 Å². The molecule has 1 aliphatic rings. The van der Waals surface area contributed by atoms with Gasteiger partial charge in [0.2, 0.25) is 0 Å².